The molecule has 0 saturated carbocycles. The Kier molecular flexibility index (Phi) is 10.9. The van der Waals surface area contributed by atoms with E-state index in [9.17, 15) is 4.79 Å². The number of likely N-dealkylation sites (N-methyl/N-ethyl adjacent to an activating group) is 1. The van der Waals surface area contributed by atoms with Gasteiger partial charge in [0.1, 0.15) is 19.5 Å². The zero-order valence-corrected chi connectivity index (χ0v) is 17.2. The molecule has 0 aromatic heterocycles. The SMILES string of the molecule is CCOCCN1CCOCCN(CC)CCOc2cc(C=O)ccc2OCC1. The highest BCUT2D eigenvalue weighted by atomic mass is 16.5. The number of benzene rings is 1. The molecule has 0 fully saturated rings. The number of rotatable bonds is 6. The molecule has 0 spiro atoms. The number of nitrogens with zero attached hydrogens (tertiary/aromatic N) is 2. The number of hydrogen-bond donors (Lipinski definition) is 0. The quantitative estimate of drug-likeness (QED) is 0.540. The Hall–Kier alpha value is -1.67. The van der Waals surface area contributed by atoms with Gasteiger partial charge in [-0.1, -0.05) is 6.92 Å². The highest BCUT2D eigenvalue weighted by molar-refractivity contribution is 5.76. The third-order valence-corrected chi connectivity index (χ3v) is 4.74. The van der Waals surface area contributed by atoms with Gasteiger partial charge in [-0.3, -0.25) is 14.6 Å². The molecule has 0 unspecified atom stereocenters. The molecule has 1 aromatic carbocycles. The van der Waals surface area contributed by atoms with E-state index in [1.807, 2.05) is 13.0 Å². The van der Waals surface area contributed by atoms with E-state index in [-0.39, 0.29) is 0 Å². The van der Waals surface area contributed by atoms with Crippen LogP contribution in [0.25, 0.3) is 0 Å². The van der Waals surface area contributed by atoms with E-state index in [1.165, 1.54) is 0 Å². The fraction of sp³-hybridized carbons (Fsp3) is 0.667. The topological polar surface area (TPSA) is 60.5 Å². The Balaban J connectivity index is 2.05. The molecule has 0 aliphatic carbocycles. The lowest BCUT2D eigenvalue weighted by Gasteiger charge is -2.22. The van der Waals surface area contributed by atoms with Gasteiger partial charge in [-0.2, -0.15) is 0 Å². The Bertz CT molecular complexity index is 570. The Morgan fingerprint density at radius 1 is 0.964 bits per heavy atom. The van der Waals surface area contributed by atoms with Crippen molar-refractivity contribution in [1.29, 1.82) is 0 Å². The second-order valence-electron chi connectivity index (χ2n) is 6.61. The number of ether oxygens (including phenoxy) is 4. The molecule has 1 aliphatic rings. The summed E-state index contributed by atoms with van der Waals surface area (Å²) in [4.78, 5) is 15.7. The Morgan fingerprint density at radius 2 is 1.64 bits per heavy atom. The minimum atomic E-state index is 0.532. The van der Waals surface area contributed by atoms with Crippen molar-refractivity contribution in [3.63, 3.8) is 0 Å². The summed E-state index contributed by atoms with van der Waals surface area (Å²) in [6.07, 6.45) is 0.824. The Labute approximate surface area is 168 Å². The van der Waals surface area contributed by atoms with Gasteiger partial charge in [0.25, 0.3) is 0 Å². The van der Waals surface area contributed by atoms with Crippen LogP contribution in [-0.2, 0) is 9.47 Å². The molecule has 0 atom stereocenters. The van der Waals surface area contributed by atoms with Crippen LogP contribution in [0.5, 0.6) is 11.5 Å². The zero-order chi connectivity index (χ0) is 20.0. The van der Waals surface area contributed by atoms with Crippen LogP contribution in [0, 0.1) is 0 Å². The van der Waals surface area contributed by atoms with Crippen LogP contribution in [0.3, 0.4) is 0 Å². The standard InChI is InChI=1S/C21H34N2O5/c1-3-22-7-13-26-14-9-23(8-12-25-4-2)11-16-27-20-6-5-19(18-24)17-21(20)28-15-10-22/h5-6,17-18H,3-4,7-16H2,1-2H3. The van der Waals surface area contributed by atoms with E-state index in [4.69, 9.17) is 18.9 Å². The highest BCUT2D eigenvalue weighted by Crippen LogP contribution is 2.28. The lowest BCUT2D eigenvalue weighted by atomic mass is 10.2. The fourth-order valence-corrected chi connectivity index (χ4v) is 2.99. The van der Waals surface area contributed by atoms with Crippen LogP contribution in [0.4, 0.5) is 0 Å². The van der Waals surface area contributed by atoms with Crippen LogP contribution < -0.4 is 9.47 Å². The number of fused-ring (bicyclic) bond motifs is 1. The first kappa shape index (κ1) is 22.6. The minimum absolute atomic E-state index is 0.532. The summed E-state index contributed by atoms with van der Waals surface area (Å²) in [5.41, 5.74) is 0.583. The van der Waals surface area contributed by atoms with E-state index in [0.29, 0.717) is 50.1 Å². The summed E-state index contributed by atoms with van der Waals surface area (Å²) in [6, 6.07) is 5.30. The maximum absolute atomic E-state index is 11.1. The molecule has 1 heterocycles. The van der Waals surface area contributed by atoms with Crippen molar-refractivity contribution in [3.05, 3.63) is 23.8 Å². The number of hydrogen-bond acceptors (Lipinski definition) is 7. The summed E-state index contributed by atoms with van der Waals surface area (Å²) in [5, 5.41) is 0. The van der Waals surface area contributed by atoms with Gasteiger partial charge in [0.05, 0.1) is 19.8 Å². The largest absolute Gasteiger partial charge is 0.488 e. The van der Waals surface area contributed by atoms with Crippen molar-refractivity contribution in [2.75, 3.05) is 78.9 Å². The van der Waals surface area contributed by atoms with Gasteiger partial charge in [-0.15, -0.1) is 0 Å². The average molecular weight is 395 g/mol. The first-order chi connectivity index (χ1) is 13.8. The molecule has 2 rings (SSSR count). The Morgan fingerprint density at radius 3 is 2.36 bits per heavy atom. The number of carbonyl (C=O) groups is 1. The van der Waals surface area contributed by atoms with E-state index >= 15 is 0 Å². The van der Waals surface area contributed by atoms with E-state index in [0.717, 1.165) is 52.2 Å². The molecular formula is C21H34N2O5. The fourth-order valence-electron chi connectivity index (χ4n) is 2.99. The number of aldehydes is 1. The van der Waals surface area contributed by atoms with Gasteiger partial charge >= 0.3 is 0 Å². The smallest absolute Gasteiger partial charge is 0.161 e. The summed E-state index contributed by atoms with van der Waals surface area (Å²) in [7, 11) is 0. The van der Waals surface area contributed by atoms with Crippen molar-refractivity contribution in [1.82, 2.24) is 9.80 Å². The molecule has 1 aliphatic heterocycles. The average Bonchev–Trinajstić information content (AvgIpc) is 2.72. The maximum atomic E-state index is 11.1. The molecule has 158 valence electrons. The summed E-state index contributed by atoms with van der Waals surface area (Å²) < 4.78 is 23.2. The molecule has 0 N–H and O–H groups in total. The predicted octanol–water partition coefficient (Wildman–Crippen LogP) is 1.95. The van der Waals surface area contributed by atoms with Crippen molar-refractivity contribution >= 4 is 6.29 Å². The van der Waals surface area contributed by atoms with Crippen molar-refractivity contribution in [2.24, 2.45) is 0 Å². The predicted molar refractivity (Wildman–Crippen MR) is 109 cm³/mol. The first-order valence-corrected chi connectivity index (χ1v) is 10.2. The zero-order valence-electron chi connectivity index (χ0n) is 17.2. The summed E-state index contributed by atoms with van der Waals surface area (Å²) in [5.74, 6) is 1.29. The van der Waals surface area contributed by atoms with Crippen LogP contribution in [-0.4, -0.2) is 95.0 Å². The third kappa shape index (κ3) is 8.14. The summed E-state index contributed by atoms with van der Waals surface area (Å²) in [6.45, 7) is 13.1. The molecule has 0 radical (unpaired) electrons. The second-order valence-corrected chi connectivity index (χ2v) is 6.61. The van der Waals surface area contributed by atoms with Crippen LogP contribution in [0.2, 0.25) is 0 Å². The minimum Gasteiger partial charge on any atom is -0.488 e. The van der Waals surface area contributed by atoms with Gasteiger partial charge in [0.2, 0.25) is 0 Å². The monoisotopic (exact) mass is 394 g/mol. The lowest BCUT2D eigenvalue weighted by molar-refractivity contribution is 0.0631. The molecular weight excluding hydrogens is 360 g/mol. The van der Waals surface area contributed by atoms with E-state index in [1.54, 1.807) is 12.1 Å². The van der Waals surface area contributed by atoms with Crippen LogP contribution in [0.1, 0.15) is 24.2 Å². The van der Waals surface area contributed by atoms with Crippen molar-refractivity contribution in [3.8, 4) is 11.5 Å². The van der Waals surface area contributed by atoms with E-state index < -0.39 is 0 Å². The highest BCUT2D eigenvalue weighted by Gasteiger charge is 2.11. The third-order valence-electron chi connectivity index (χ3n) is 4.74. The van der Waals surface area contributed by atoms with Crippen LogP contribution >= 0.6 is 0 Å². The van der Waals surface area contributed by atoms with E-state index in [2.05, 4.69) is 16.7 Å². The normalized spacial score (nSPS) is 18.2. The van der Waals surface area contributed by atoms with Gasteiger partial charge < -0.3 is 18.9 Å². The lowest BCUT2D eigenvalue weighted by Crippen LogP contribution is -2.35. The van der Waals surface area contributed by atoms with Gasteiger partial charge in [-0.05, 0) is 31.7 Å². The molecule has 0 amide bonds. The molecule has 7 nitrogen and oxygen atoms in total. The summed E-state index contributed by atoms with van der Waals surface area (Å²) >= 11 is 0. The maximum Gasteiger partial charge on any atom is 0.161 e. The molecule has 0 bridgehead atoms. The molecule has 28 heavy (non-hydrogen) atoms. The van der Waals surface area contributed by atoms with Crippen molar-refractivity contribution in [2.45, 2.75) is 13.8 Å². The first-order valence-electron chi connectivity index (χ1n) is 10.2. The van der Waals surface area contributed by atoms with Gasteiger partial charge in [0.15, 0.2) is 11.5 Å². The molecule has 1 aromatic rings. The van der Waals surface area contributed by atoms with Gasteiger partial charge in [0, 0.05) is 44.9 Å². The van der Waals surface area contributed by atoms with Crippen molar-refractivity contribution < 1.29 is 23.7 Å². The van der Waals surface area contributed by atoms with Gasteiger partial charge in [-0.25, -0.2) is 0 Å². The van der Waals surface area contributed by atoms with Crippen LogP contribution in [0.15, 0.2) is 18.2 Å². The second kappa shape index (κ2) is 13.5. The number of carbonyl (C=O) groups excluding carboxylic acids is 1. The molecule has 0 saturated heterocycles. The molecule has 7 heteroatoms.